The van der Waals surface area contributed by atoms with Crippen LogP contribution in [-0.4, -0.2) is 20.5 Å². The van der Waals surface area contributed by atoms with Crippen LogP contribution in [-0.2, 0) is 6.54 Å². The van der Waals surface area contributed by atoms with Gasteiger partial charge in [0.25, 0.3) is 0 Å². The van der Waals surface area contributed by atoms with Crippen molar-refractivity contribution in [2.24, 2.45) is 0 Å². The standard InChI is InChI=1S/C14H19ClN4/c1-10-5-6-11(7-13(10)15)19-12(9-17-18-19)8-16-14(2,3)4/h5-7,9,16H,8H2,1-4H3. The number of aryl methyl sites for hydroxylation is 1. The van der Waals surface area contributed by atoms with Gasteiger partial charge >= 0.3 is 0 Å². The first-order valence-corrected chi connectivity index (χ1v) is 6.66. The number of hydrogen-bond donors (Lipinski definition) is 1. The number of aromatic nitrogens is 3. The second-order valence-corrected chi connectivity index (χ2v) is 6.08. The summed E-state index contributed by atoms with van der Waals surface area (Å²) in [4.78, 5) is 0. The smallest absolute Gasteiger partial charge is 0.0783 e. The van der Waals surface area contributed by atoms with Crippen molar-refractivity contribution in [2.75, 3.05) is 0 Å². The maximum atomic E-state index is 6.16. The second kappa shape index (κ2) is 5.31. The highest BCUT2D eigenvalue weighted by Gasteiger charge is 2.12. The average Bonchev–Trinajstić information content (AvgIpc) is 2.77. The van der Waals surface area contributed by atoms with Gasteiger partial charge in [-0.15, -0.1) is 5.10 Å². The quantitative estimate of drug-likeness (QED) is 0.938. The van der Waals surface area contributed by atoms with Crippen LogP contribution < -0.4 is 5.32 Å². The van der Waals surface area contributed by atoms with Crippen LogP contribution >= 0.6 is 11.6 Å². The maximum absolute atomic E-state index is 6.16. The number of nitrogens with one attached hydrogen (secondary N) is 1. The van der Waals surface area contributed by atoms with Crippen molar-refractivity contribution in [1.82, 2.24) is 20.3 Å². The fourth-order valence-corrected chi connectivity index (χ4v) is 1.84. The van der Waals surface area contributed by atoms with Gasteiger partial charge in [0.1, 0.15) is 0 Å². The summed E-state index contributed by atoms with van der Waals surface area (Å²) in [6.07, 6.45) is 1.77. The Balaban J connectivity index is 2.26. The highest BCUT2D eigenvalue weighted by molar-refractivity contribution is 6.31. The van der Waals surface area contributed by atoms with Crippen molar-refractivity contribution in [2.45, 2.75) is 39.8 Å². The zero-order valence-corrected chi connectivity index (χ0v) is 12.5. The summed E-state index contributed by atoms with van der Waals surface area (Å²) in [6.45, 7) is 9.08. The van der Waals surface area contributed by atoms with Crippen molar-refractivity contribution in [3.63, 3.8) is 0 Å². The molecule has 0 unspecified atom stereocenters. The van der Waals surface area contributed by atoms with Crippen molar-refractivity contribution < 1.29 is 0 Å². The molecular weight excluding hydrogens is 260 g/mol. The summed E-state index contributed by atoms with van der Waals surface area (Å²) in [5.74, 6) is 0. The number of nitrogens with zero attached hydrogens (tertiary/aromatic N) is 3. The van der Waals surface area contributed by atoms with Crippen LogP contribution in [0, 0.1) is 6.92 Å². The Kier molecular flexibility index (Phi) is 3.92. The molecule has 0 amide bonds. The molecular formula is C14H19ClN4. The molecule has 0 aliphatic carbocycles. The van der Waals surface area contributed by atoms with Gasteiger partial charge in [0.15, 0.2) is 0 Å². The first-order valence-electron chi connectivity index (χ1n) is 6.28. The van der Waals surface area contributed by atoms with E-state index in [9.17, 15) is 0 Å². The number of benzene rings is 1. The van der Waals surface area contributed by atoms with Gasteiger partial charge in [0, 0.05) is 17.1 Å². The van der Waals surface area contributed by atoms with E-state index in [1.54, 1.807) is 6.20 Å². The fraction of sp³-hybridized carbons (Fsp3) is 0.429. The zero-order valence-electron chi connectivity index (χ0n) is 11.7. The summed E-state index contributed by atoms with van der Waals surface area (Å²) >= 11 is 6.16. The topological polar surface area (TPSA) is 42.7 Å². The Bertz CT molecular complexity index is 569. The van der Waals surface area contributed by atoms with Crippen LogP contribution in [0.5, 0.6) is 0 Å². The first kappa shape index (κ1) is 14.0. The van der Waals surface area contributed by atoms with E-state index >= 15 is 0 Å². The third kappa shape index (κ3) is 3.55. The monoisotopic (exact) mass is 278 g/mol. The molecule has 1 N–H and O–H groups in total. The van der Waals surface area contributed by atoms with Crippen molar-refractivity contribution in [3.8, 4) is 5.69 Å². The van der Waals surface area contributed by atoms with E-state index < -0.39 is 0 Å². The molecule has 1 aromatic heterocycles. The minimum atomic E-state index is 0.0556. The van der Waals surface area contributed by atoms with E-state index in [0.29, 0.717) is 6.54 Å². The van der Waals surface area contributed by atoms with Crippen LogP contribution in [0.1, 0.15) is 32.0 Å². The molecule has 5 heteroatoms. The van der Waals surface area contributed by atoms with E-state index in [1.807, 2.05) is 29.8 Å². The van der Waals surface area contributed by atoms with Gasteiger partial charge in [-0.1, -0.05) is 22.9 Å². The molecule has 0 saturated carbocycles. The van der Waals surface area contributed by atoms with Crippen molar-refractivity contribution >= 4 is 11.6 Å². The molecule has 0 atom stereocenters. The molecule has 0 spiro atoms. The minimum Gasteiger partial charge on any atom is -0.306 e. The van der Waals surface area contributed by atoms with E-state index in [4.69, 9.17) is 11.6 Å². The molecule has 1 heterocycles. The molecule has 2 aromatic rings. The number of rotatable bonds is 3. The molecule has 0 aliphatic rings. The van der Waals surface area contributed by atoms with Gasteiger partial charge in [-0.3, -0.25) is 0 Å². The Labute approximate surface area is 118 Å². The lowest BCUT2D eigenvalue weighted by Crippen LogP contribution is -2.35. The third-order valence-corrected chi connectivity index (χ3v) is 3.23. The minimum absolute atomic E-state index is 0.0556. The summed E-state index contributed by atoms with van der Waals surface area (Å²) in [6, 6.07) is 5.89. The summed E-state index contributed by atoms with van der Waals surface area (Å²) in [7, 11) is 0. The fourth-order valence-electron chi connectivity index (χ4n) is 1.66. The summed E-state index contributed by atoms with van der Waals surface area (Å²) in [5.41, 5.74) is 3.05. The lowest BCUT2D eigenvalue weighted by molar-refractivity contribution is 0.418. The largest absolute Gasteiger partial charge is 0.306 e. The van der Waals surface area contributed by atoms with E-state index in [2.05, 4.69) is 36.4 Å². The molecule has 2 rings (SSSR count). The van der Waals surface area contributed by atoms with Crippen molar-refractivity contribution in [3.05, 3.63) is 40.7 Å². The van der Waals surface area contributed by atoms with Gasteiger partial charge < -0.3 is 5.32 Å². The molecule has 102 valence electrons. The lowest BCUT2D eigenvalue weighted by Gasteiger charge is -2.20. The van der Waals surface area contributed by atoms with Crippen LogP contribution in [0.25, 0.3) is 5.69 Å². The predicted octanol–water partition coefficient (Wildman–Crippen LogP) is 3.12. The van der Waals surface area contributed by atoms with Crippen molar-refractivity contribution in [1.29, 1.82) is 0 Å². The molecule has 0 fully saturated rings. The molecule has 0 saturated heterocycles. The van der Waals surface area contributed by atoms with Gasteiger partial charge in [0.2, 0.25) is 0 Å². The Morgan fingerprint density at radius 2 is 2.05 bits per heavy atom. The van der Waals surface area contributed by atoms with Crippen LogP contribution in [0.3, 0.4) is 0 Å². The molecule has 4 nitrogen and oxygen atoms in total. The molecule has 19 heavy (non-hydrogen) atoms. The average molecular weight is 279 g/mol. The summed E-state index contributed by atoms with van der Waals surface area (Å²) in [5, 5.41) is 12.3. The van der Waals surface area contributed by atoms with Gasteiger partial charge in [-0.25, -0.2) is 4.68 Å². The van der Waals surface area contributed by atoms with E-state index in [0.717, 1.165) is 22.0 Å². The van der Waals surface area contributed by atoms with Crippen LogP contribution in [0.2, 0.25) is 5.02 Å². The Morgan fingerprint density at radius 3 is 2.68 bits per heavy atom. The van der Waals surface area contributed by atoms with Gasteiger partial charge in [0.05, 0.1) is 17.6 Å². The zero-order chi connectivity index (χ0) is 14.0. The molecule has 1 aromatic carbocycles. The Morgan fingerprint density at radius 1 is 1.32 bits per heavy atom. The number of halogens is 1. The predicted molar refractivity (Wildman–Crippen MR) is 77.7 cm³/mol. The second-order valence-electron chi connectivity index (χ2n) is 5.67. The molecule has 0 aliphatic heterocycles. The van der Waals surface area contributed by atoms with E-state index in [1.165, 1.54) is 0 Å². The SMILES string of the molecule is Cc1ccc(-n2nncc2CNC(C)(C)C)cc1Cl. The third-order valence-electron chi connectivity index (χ3n) is 2.82. The normalized spacial score (nSPS) is 11.8. The molecule has 0 radical (unpaired) electrons. The maximum Gasteiger partial charge on any atom is 0.0783 e. The van der Waals surface area contributed by atoms with Crippen LogP contribution in [0.15, 0.2) is 24.4 Å². The Hall–Kier alpha value is -1.39. The first-order chi connectivity index (χ1) is 8.87. The highest BCUT2D eigenvalue weighted by Crippen LogP contribution is 2.20. The lowest BCUT2D eigenvalue weighted by atomic mass is 10.1. The van der Waals surface area contributed by atoms with Gasteiger partial charge in [-0.2, -0.15) is 0 Å². The number of hydrogen-bond acceptors (Lipinski definition) is 3. The van der Waals surface area contributed by atoms with E-state index in [-0.39, 0.29) is 5.54 Å². The highest BCUT2D eigenvalue weighted by atomic mass is 35.5. The van der Waals surface area contributed by atoms with Crippen LogP contribution in [0.4, 0.5) is 0 Å². The molecule has 0 bridgehead atoms. The summed E-state index contributed by atoms with van der Waals surface area (Å²) < 4.78 is 1.81. The van der Waals surface area contributed by atoms with Gasteiger partial charge in [-0.05, 0) is 45.4 Å².